The van der Waals surface area contributed by atoms with Crippen LogP contribution < -0.4 is 16.0 Å². The molecular weight excluding hydrogens is 218 g/mol. The van der Waals surface area contributed by atoms with Gasteiger partial charge in [-0.2, -0.15) is 0 Å². The van der Waals surface area contributed by atoms with Crippen molar-refractivity contribution in [2.45, 2.75) is 6.92 Å². The summed E-state index contributed by atoms with van der Waals surface area (Å²) in [6.07, 6.45) is 0. The highest BCUT2D eigenvalue weighted by atomic mass is 16.2. The lowest BCUT2D eigenvalue weighted by molar-refractivity contribution is -0.119. The number of hydrogen-bond donors (Lipinski definition) is 3. The smallest absolute Gasteiger partial charge is 0.238 e. The molecule has 0 heterocycles. The van der Waals surface area contributed by atoms with E-state index in [1.54, 1.807) is 7.05 Å². The van der Waals surface area contributed by atoms with E-state index < -0.39 is 0 Å². The Morgan fingerprint density at radius 3 is 2.41 bits per heavy atom. The summed E-state index contributed by atoms with van der Waals surface area (Å²) < 4.78 is 0. The third kappa shape index (κ3) is 4.65. The number of anilines is 1. The molecule has 0 aliphatic rings. The second-order valence-corrected chi connectivity index (χ2v) is 3.64. The SMILES string of the molecule is CNC(=O)CNCC(=O)Nc1ccccc1C. The lowest BCUT2D eigenvalue weighted by Crippen LogP contribution is -2.36. The highest BCUT2D eigenvalue weighted by Gasteiger charge is 2.04. The Bertz CT molecular complexity index is 404. The second kappa shape index (κ2) is 6.65. The van der Waals surface area contributed by atoms with Gasteiger partial charge in [-0.3, -0.25) is 14.9 Å². The van der Waals surface area contributed by atoms with Crippen molar-refractivity contribution in [1.82, 2.24) is 10.6 Å². The van der Waals surface area contributed by atoms with E-state index in [-0.39, 0.29) is 24.9 Å². The molecular formula is C12H17N3O2. The summed E-state index contributed by atoms with van der Waals surface area (Å²) in [5.41, 5.74) is 1.80. The fourth-order valence-electron chi connectivity index (χ4n) is 1.29. The number of rotatable bonds is 5. The van der Waals surface area contributed by atoms with Gasteiger partial charge in [0.1, 0.15) is 0 Å². The average Bonchev–Trinajstić information content (AvgIpc) is 2.32. The normalized spacial score (nSPS) is 9.76. The number of carbonyl (C=O) groups is 2. The minimum absolute atomic E-state index is 0.113. The first kappa shape index (κ1) is 13.2. The molecule has 0 aliphatic carbocycles. The zero-order chi connectivity index (χ0) is 12.7. The summed E-state index contributed by atoms with van der Waals surface area (Å²) >= 11 is 0. The van der Waals surface area contributed by atoms with Crippen molar-refractivity contribution >= 4 is 17.5 Å². The summed E-state index contributed by atoms with van der Waals surface area (Å²) in [6, 6.07) is 7.54. The predicted molar refractivity (Wildman–Crippen MR) is 66.7 cm³/mol. The number of nitrogens with one attached hydrogen (secondary N) is 3. The summed E-state index contributed by atoms with van der Waals surface area (Å²) in [5, 5.41) is 7.98. The molecule has 0 unspecified atom stereocenters. The van der Waals surface area contributed by atoms with Crippen LogP contribution in [0.5, 0.6) is 0 Å². The van der Waals surface area contributed by atoms with Crippen LogP contribution in [-0.2, 0) is 9.59 Å². The molecule has 17 heavy (non-hydrogen) atoms. The van der Waals surface area contributed by atoms with Crippen molar-refractivity contribution in [3.63, 3.8) is 0 Å². The highest BCUT2D eigenvalue weighted by Crippen LogP contribution is 2.12. The van der Waals surface area contributed by atoms with Crippen molar-refractivity contribution in [1.29, 1.82) is 0 Å². The van der Waals surface area contributed by atoms with Crippen LogP contribution in [0.25, 0.3) is 0 Å². The standard InChI is InChI=1S/C12H17N3O2/c1-9-5-3-4-6-10(9)15-12(17)8-14-7-11(16)13-2/h3-6,14H,7-8H2,1-2H3,(H,13,16)(H,15,17). The first-order chi connectivity index (χ1) is 8.13. The Balaban J connectivity index is 2.35. The van der Waals surface area contributed by atoms with Crippen LogP contribution in [-0.4, -0.2) is 32.0 Å². The number of hydrogen-bond acceptors (Lipinski definition) is 3. The molecule has 0 aliphatic heterocycles. The lowest BCUT2D eigenvalue weighted by Gasteiger charge is -2.08. The quantitative estimate of drug-likeness (QED) is 0.686. The van der Waals surface area contributed by atoms with Gasteiger partial charge in [0.15, 0.2) is 0 Å². The van der Waals surface area contributed by atoms with Crippen LogP contribution in [0, 0.1) is 6.92 Å². The van der Waals surface area contributed by atoms with Crippen molar-refractivity contribution in [3.8, 4) is 0 Å². The number of likely N-dealkylation sites (N-methyl/N-ethyl adjacent to an activating group) is 1. The van der Waals surface area contributed by atoms with Crippen LogP contribution >= 0.6 is 0 Å². The van der Waals surface area contributed by atoms with E-state index in [1.165, 1.54) is 0 Å². The Labute approximate surface area is 101 Å². The molecule has 0 atom stereocenters. The van der Waals surface area contributed by atoms with Crippen LogP contribution in [0.2, 0.25) is 0 Å². The van der Waals surface area contributed by atoms with Crippen LogP contribution in [0.1, 0.15) is 5.56 Å². The van der Waals surface area contributed by atoms with Crippen LogP contribution in [0.4, 0.5) is 5.69 Å². The summed E-state index contributed by atoms with van der Waals surface area (Å²) in [7, 11) is 1.55. The van der Waals surface area contributed by atoms with Gasteiger partial charge in [-0.1, -0.05) is 18.2 Å². The van der Waals surface area contributed by atoms with E-state index in [4.69, 9.17) is 0 Å². The van der Waals surface area contributed by atoms with E-state index in [2.05, 4.69) is 16.0 Å². The zero-order valence-electron chi connectivity index (χ0n) is 10.0. The topological polar surface area (TPSA) is 70.2 Å². The number of para-hydroxylation sites is 1. The van der Waals surface area contributed by atoms with Crippen molar-refractivity contribution in [3.05, 3.63) is 29.8 Å². The molecule has 0 radical (unpaired) electrons. The van der Waals surface area contributed by atoms with Gasteiger partial charge in [0.05, 0.1) is 13.1 Å². The predicted octanol–water partition coefficient (Wildman–Crippen LogP) is 0.269. The minimum atomic E-state index is -0.164. The lowest BCUT2D eigenvalue weighted by atomic mass is 10.2. The molecule has 0 aromatic heterocycles. The van der Waals surface area contributed by atoms with E-state index in [9.17, 15) is 9.59 Å². The van der Waals surface area contributed by atoms with Gasteiger partial charge in [-0.25, -0.2) is 0 Å². The Morgan fingerprint density at radius 2 is 1.76 bits per heavy atom. The molecule has 0 saturated carbocycles. The van der Waals surface area contributed by atoms with Gasteiger partial charge in [0, 0.05) is 12.7 Å². The van der Waals surface area contributed by atoms with E-state index in [1.807, 2.05) is 31.2 Å². The fourth-order valence-corrected chi connectivity index (χ4v) is 1.29. The van der Waals surface area contributed by atoms with Crippen LogP contribution in [0.3, 0.4) is 0 Å². The fraction of sp³-hybridized carbons (Fsp3) is 0.333. The maximum absolute atomic E-state index is 11.5. The van der Waals surface area contributed by atoms with Crippen molar-refractivity contribution in [2.75, 3.05) is 25.5 Å². The number of aryl methyl sites for hydroxylation is 1. The molecule has 1 aromatic rings. The number of benzene rings is 1. The van der Waals surface area contributed by atoms with Gasteiger partial charge in [-0.15, -0.1) is 0 Å². The van der Waals surface area contributed by atoms with Gasteiger partial charge < -0.3 is 10.6 Å². The van der Waals surface area contributed by atoms with Gasteiger partial charge in [0.2, 0.25) is 11.8 Å². The molecule has 3 N–H and O–H groups in total. The van der Waals surface area contributed by atoms with Gasteiger partial charge >= 0.3 is 0 Å². The summed E-state index contributed by atoms with van der Waals surface area (Å²) in [5.74, 6) is -0.308. The molecule has 5 nitrogen and oxygen atoms in total. The summed E-state index contributed by atoms with van der Waals surface area (Å²) in [4.78, 5) is 22.4. The van der Waals surface area contributed by atoms with Crippen LogP contribution in [0.15, 0.2) is 24.3 Å². The maximum atomic E-state index is 11.5. The monoisotopic (exact) mass is 235 g/mol. The van der Waals surface area contributed by atoms with E-state index >= 15 is 0 Å². The minimum Gasteiger partial charge on any atom is -0.358 e. The zero-order valence-corrected chi connectivity index (χ0v) is 10.0. The first-order valence-electron chi connectivity index (χ1n) is 5.40. The maximum Gasteiger partial charge on any atom is 0.238 e. The third-order valence-electron chi connectivity index (χ3n) is 2.27. The molecule has 1 aromatic carbocycles. The Hall–Kier alpha value is -1.88. The first-order valence-corrected chi connectivity index (χ1v) is 5.40. The second-order valence-electron chi connectivity index (χ2n) is 3.64. The number of amides is 2. The van der Waals surface area contributed by atoms with Crippen molar-refractivity contribution in [2.24, 2.45) is 0 Å². The Morgan fingerprint density at radius 1 is 1.12 bits per heavy atom. The molecule has 0 saturated heterocycles. The van der Waals surface area contributed by atoms with E-state index in [0.717, 1.165) is 11.3 Å². The Kier molecular flexibility index (Phi) is 5.16. The summed E-state index contributed by atoms with van der Waals surface area (Å²) in [6.45, 7) is 2.17. The third-order valence-corrected chi connectivity index (χ3v) is 2.27. The highest BCUT2D eigenvalue weighted by molar-refractivity contribution is 5.93. The molecule has 1 rings (SSSR count). The van der Waals surface area contributed by atoms with Gasteiger partial charge in [0.25, 0.3) is 0 Å². The molecule has 0 fully saturated rings. The van der Waals surface area contributed by atoms with E-state index in [0.29, 0.717) is 0 Å². The molecule has 0 bridgehead atoms. The number of carbonyl (C=O) groups excluding carboxylic acids is 2. The largest absolute Gasteiger partial charge is 0.358 e. The van der Waals surface area contributed by atoms with Gasteiger partial charge in [-0.05, 0) is 18.6 Å². The molecule has 92 valence electrons. The molecule has 5 heteroatoms. The molecule has 2 amide bonds. The van der Waals surface area contributed by atoms with Crippen molar-refractivity contribution < 1.29 is 9.59 Å². The average molecular weight is 235 g/mol. The molecule has 0 spiro atoms.